The molecule has 1 aromatic rings. The van der Waals surface area contributed by atoms with Gasteiger partial charge < -0.3 is 14.8 Å². The Morgan fingerprint density at radius 1 is 1.42 bits per heavy atom. The summed E-state index contributed by atoms with van der Waals surface area (Å²) in [6, 6.07) is 7.78. The van der Waals surface area contributed by atoms with Gasteiger partial charge in [0.05, 0.1) is 0 Å². The van der Waals surface area contributed by atoms with Gasteiger partial charge in [0.25, 0.3) is 0 Å². The van der Waals surface area contributed by atoms with E-state index in [1.807, 2.05) is 24.3 Å². The molecule has 1 amide bonds. The van der Waals surface area contributed by atoms with Crippen LogP contribution in [0.3, 0.4) is 0 Å². The van der Waals surface area contributed by atoms with Crippen LogP contribution in [-0.2, 0) is 9.59 Å². The second kappa shape index (κ2) is 5.43. The highest BCUT2D eigenvalue weighted by atomic mass is 16.4. The highest BCUT2D eigenvalue weighted by Crippen LogP contribution is 2.27. The first-order valence-electron chi connectivity index (χ1n) is 6.64. The maximum atomic E-state index is 11.8. The lowest BCUT2D eigenvalue weighted by molar-refractivity contribution is -0.310. The molecule has 2 rings (SSSR count). The summed E-state index contributed by atoms with van der Waals surface area (Å²) in [4.78, 5) is 24.1. The highest BCUT2D eigenvalue weighted by molar-refractivity contribution is 5.98. The van der Waals surface area contributed by atoms with Gasteiger partial charge in [-0.2, -0.15) is 0 Å². The summed E-state index contributed by atoms with van der Waals surface area (Å²) in [6.07, 6.45) is 1.10. The Labute approximate surface area is 113 Å². The van der Waals surface area contributed by atoms with E-state index in [9.17, 15) is 14.7 Å². The first kappa shape index (κ1) is 13.6. The molecule has 0 radical (unpaired) electrons. The maximum Gasteiger partial charge on any atom is 0.227 e. The zero-order valence-electron chi connectivity index (χ0n) is 11.3. The second-order valence-electron chi connectivity index (χ2n) is 5.13. The van der Waals surface area contributed by atoms with Crippen LogP contribution in [0.25, 0.3) is 0 Å². The molecule has 2 atom stereocenters. The summed E-state index contributed by atoms with van der Waals surface area (Å²) < 4.78 is 0. The Morgan fingerprint density at radius 3 is 2.53 bits per heavy atom. The smallest absolute Gasteiger partial charge is 0.227 e. The normalized spacial score (nSPS) is 20.6. The fourth-order valence-corrected chi connectivity index (χ4v) is 2.33. The van der Waals surface area contributed by atoms with Crippen LogP contribution in [0.5, 0.6) is 0 Å². The van der Waals surface area contributed by atoms with Crippen molar-refractivity contribution in [2.24, 2.45) is 5.92 Å². The van der Waals surface area contributed by atoms with Gasteiger partial charge in [0.1, 0.15) is 0 Å². The lowest BCUT2D eigenvalue weighted by atomic mass is 9.98. The summed E-state index contributed by atoms with van der Waals surface area (Å²) in [5.41, 5.74) is 2.00. The summed E-state index contributed by atoms with van der Waals surface area (Å²) in [5.74, 6) is -1.50. The fourth-order valence-electron chi connectivity index (χ4n) is 2.33. The van der Waals surface area contributed by atoms with Crippen molar-refractivity contribution in [1.29, 1.82) is 0 Å². The molecule has 1 fully saturated rings. The standard InChI is InChI=1S/C15H19NO3/c1-3-10(2)11-4-6-13(7-5-11)16-9-12(15(18)19)8-14(16)17/h4-7,10,12H,3,8-9H2,1-2H3,(H,18,19)/p-1/t10-,12+/m1/s1. The van der Waals surface area contributed by atoms with E-state index in [-0.39, 0.29) is 18.9 Å². The molecule has 0 aliphatic carbocycles. The van der Waals surface area contributed by atoms with Gasteiger partial charge in [0.15, 0.2) is 0 Å². The quantitative estimate of drug-likeness (QED) is 0.820. The molecular weight excluding hydrogens is 242 g/mol. The number of benzene rings is 1. The number of carboxylic acids is 1. The zero-order chi connectivity index (χ0) is 14.0. The molecule has 0 unspecified atom stereocenters. The van der Waals surface area contributed by atoms with Gasteiger partial charge in [-0.15, -0.1) is 0 Å². The van der Waals surface area contributed by atoms with Crippen molar-refractivity contribution in [2.45, 2.75) is 32.6 Å². The molecular formula is C15H18NO3-. The maximum absolute atomic E-state index is 11.8. The van der Waals surface area contributed by atoms with E-state index in [1.165, 1.54) is 10.5 Å². The van der Waals surface area contributed by atoms with E-state index >= 15 is 0 Å². The van der Waals surface area contributed by atoms with Crippen molar-refractivity contribution in [3.63, 3.8) is 0 Å². The molecule has 0 aromatic heterocycles. The molecule has 4 heteroatoms. The van der Waals surface area contributed by atoms with Gasteiger partial charge >= 0.3 is 0 Å². The average molecular weight is 260 g/mol. The minimum absolute atomic E-state index is 0.0372. The molecule has 1 aliphatic heterocycles. The van der Waals surface area contributed by atoms with Gasteiger partial charge in [-0.3, -0.25) is 4.79 Å². The minimum Gasteiger partial charge on any atom is -0.550 e. The van der Waals surface area contributed by atoms with Crippen LogP contribution >= 0.6 is 0 Å². The lowest BCUT2D eigenvalue weighted by Gasteiger charge is -2.18. The van der Waals surface area contributed by atoms with E-state index in [0.29, 0.717) is 5.92 Å². The summed E-state index contributed by atoms with van der Waals surface area (Å²) in [6.45, 7) is 4.50. The third-order valence-electron chi connectivity index (χ3n) is 3.84. The van der Waals surface area contributed by atoms with Crippen molar-refractivity contribution in [3.8, 4) is 0 Å². The molecule has 1 aliphatic rings. The lowest BCUT2D eigenvalue weighted by Crippen LogP contribution is -2.33. The topological polar surface area (TPSA) is 60.4 Å². The number of carbonyl (C=O) groups excluding carboxylic acids is 2. The van der Waals surface area contributed by atoms with Crippen molar-refractivity contribution in [2.75, 3.05) is 11.4 Å². The summed E-state index contributed by atoms with van der Waals surface area (Å²) in [7, 11) is 0. The van der Waals surface area contributed by atoms with Crippen LogP contribution in [0.2, 0.25) is 0 Å². The van der Waals surface area contributed by atoms with Crippen LogP contribution in [0.15, 0.2) is 24.3 Å². The molecule has 0 N–H and O–H groups in total. The van der Waals surface area contributed by atoms with E-state index < -0.39 is 11.9 Å². The SMILES string of the molecule is CC[C@@H](C)c1ccc(N2C[C@@H](C(=O)[O-])CC2=O)cc1. The van der Waals surface area contributed by atoms with Gasteiger partial charge in [0.2, 0.25) is 5.91 Å². The van der Waals surface area contributed by atoms with E-state index in [1.54, 1.807) is 0 Å². The van der Waals surface area contributed by atoms with Crippen LogP contribution in [0, 0.1) is 5.92 Å². The number of rotatable bonds is 4. The monoisotopic (exact) mass is 260 g/mol. The second-order valence-corrected chi connectivity index (χ2v) is 5.13. The Balaban J connectivity index is 2.14. The third kappa shape index (κ3) is 2.78. The number of hydrogen-bond donors (Lipinski definition) is 0. The molecule has 4 nitrogen and oxygen atoms in total. The summed E-state index contributed by atoms with van der Waals surface area (Å²) >= 11 is 0. The number of carboxylic acid groups (broad SMARTS) is 1. The molecule has 19 heavy (non-hydrogen) atoms. The van der Waals surface area contributed by atoms with Gasteiger partial charge in [-0.25, -0.2) is 0 Å². The number of aliphatic carboxylic acids is 1. The van der Waals surface area contributed by atoms with Crippen molar-refractivity contribution >= 4 is 17.6 Å². The average Bonchev–Trinajstić information content (AvgIpc) is 2.80. The van der Waals surface area contributed by atoms with Gasteiger partial charge in [0, 0.05) is 30.5 Å². The number of carbonyl (C=O) groups is 2. The predicted molar refractivity (Wildman–Crippen MR) is 70.6 cm³/mol. The Hall–Kier alpha value is -1.84. The van der Waals surface area contributed by atoms with Crippen molar-refractivity contribution in [1.82, 2.24) is 0 Å². The van der Waals surface area contributed by atoms with E-state index in [0.717, 1.165) is 12.1 Å². The zero-order valence-corrected chi connectivity index (χ0v) is 11.3. The van der Waals surface area contributed by atoms with Gasteiger partial charge in [-0.1, -0.05) is 26.0 Å². The first-order valence-corrected chi connectivity index (χ1v) is 6.64. The molecule has 0 saturated carbocycles. The molecule has 0 spiro atoms. The molecule has 0 bridgehead atoms. The third-order valence-corrected chi connectivity index (χ3v) is 3.84. The number of hydrogen-bond acceptors (Lipinski definition) is 3. The molecule has 1 heterocycles. The van der Waals surface area contributed by atoms with Gasteiger partial charge in [-0.05, 0) is 30.0 Å². The molecule has 1 aromatic carbocycles. The fraction of sp³-hybridized carbons (Fsp3) is 0.467. The number of nitrogens with zero attached hydrogens (tertiary/aromatic N) is 1. The minimum atomic E-state index is -1.15. The highest BCUT2D eigenvalue weighted by Gasteiger charge is 2.31. The van der Waals surface area contributed by atoms with E-state index in [4.69, 9.17) is 0 Å². The van der Waals surface area contributed by atoms with Crippen LogP contribution in [-0.4, -0.2) is 18.4 Å². The van der Waals surface area contributed by atoms with Crippen molar-refractivity contribution in [3.05, 3.63) is 29.8 Å². The van der Waals surface area contributed by atoms with Crippen molar-refractivity contribution < 1.29 is 14.7 Å². The Morgan fingerprint density at radius 2 is 2.05 bits per heavy atom. The Bertz CT molecular complexity index is 481. The largest absolute Gasteiger partial charge is 0.550 e. The predicted octanol–water partition coefficient (Wildman–Crippen LogP) is 1.30. The molecule has 1 saturated heterocycles. The summed E-state index contributed by atoms with van der Waals surface area (Å²) in [5, 5.41) is 10.8. The first-order chi connectivity index (χ1) is 9.02. The number of anilines is 1. The van der Waals surface area contributed by atoms with E-state index in [2.05, 4.69) is 13.8 Å². The Kier molecular flexibility index (Phi) is 3.88. The number of amides is 1. The molecule has 102 valence electrons. The van der Waals surface area contributed by atoms with Crippen LogP contribution < -0.4 is 10.0 Å². The van der Waals surface area contributed by atoms with Crippen LogP contribution in [0.1, 0.15) is 38.2 Å². The van der Waals surface area contributed by atoms with Crippen LogP contribution in [0.4, 0.5) is 5.69 Å².